The lowest BCUT2D eigenvalue weighted by Crippen LogP contribution is -2.41. The highest BCUT2D eigenvalue weighted by Gasteiger charge is 2.25. The first-order valence-electron chi connectivity index (χ1n) is 8.31. The second kappa shape index (κ2) is 8.11. The van der Waals surface area contributed by atoms with Crippen molar-refractivity contribution in [2.24, 2.45) is 5.92 Å². The molecule has 1 heterocycles. The van der Waals surface area contributed by atoms with Crippen molar-refractivity contribution in [2.45, 2.75) is 45.6 Å². The molecule has 1 fully saturated rings. The van der Waals surface area contributed by atoms with Crippen LogP contribution in [-0.4, -0.2) is 41.0 Å². The summed E-state index contributed by atoms with van der Waals surface area (Å²) in [5, 5.41) is 11.7. The fourth-order valence-electron chi connectivity index (χ4n) is 2.98. The molecule has 1 saturated heterocycles. The number of carboxylic acid groups (broad SMARTS) is 1. The van der Waals surface area contributed by atoms with Crippen LogP contribution in [0, 0.1) is 5.92 Å². The Hall–Kier alpha value is -1.88. The number of carbonyl (C=O) groups is 2. The highest BCUT2D eigenvalue weighted by molar-refractivity contribution is 5.92. The largest absolute Gasteiger partial charge is 0.481 e. The number of likely N-dealkylation sites (tertiary alicyclic amines) is 1. The Kier molecular flexibility index (Phi) is 6.16. The van der Waals surface area contributed by atoms with Crippen molar-refractivity contribution in [1.29, 1.82) is 0 Å². The van der Waals surface area contributed by atoms with E-state index in [1.165, 1.54) is 0 Å². The van der Waals surface area contributed by atoms with Gasteiger partial charge in [-0.05, 0) is 63.9 Å². The Morgan fingerprint density at radius 3 is 2.61 bits per heavy atom. The smallest absolute Gasteiger partial charge is 0.303 e. The van der Waals surface area contributed by atoms with E-state index in [1.54, 1.807) is 0 Å². The third kappa shape index (κ3) is 5.36. The van der Waals surface area contributed by atoms with Crippen molar-refractivity contribution in [3.05, 3.63) is 29.8 Å². The minimum Gasteiger partial charge on any atom is -0.481 e. The second-order valence-corrected chi connectivity index (χ2v) is 6.49. The molecule has 23 heavy (non-hydrogen) atoms. The zero-order valence-electron chi connectivity index (χ0n) is 13.9. The van der Waals surface area contributed by atoms with Crippen LogP contribution in [0.1, 0.15) is 38.7 Å². The predicted octanol–water partition coefficient (Wildman–Crippen LogP) is 2.76. The van der Waals surface area contributed by atoms with Crippen molar-refractivity contribution < 1.29 is 14.7 Å². The Bertz CT molecular complexity index is 549. The molecule has 0 spiro atoms. The summed E-state index contributed by atoms with van der Waals surface area (Å²) < 4.78 is 0. The average Bonchev–Trinajstić information content (AvgIpc) is 2.53. The summed E-state index contributed by atoms with van der Waals surface area (Å²) in [6, 6.07) is 7.99. The number of hydrogen-bond acceptors (Lipinski definition) is 3. The molecule has 0 saturated carbocycles. The fourth-order valence-corrected chi connectivity index (χ4v) is 2.98. The summed E-state index contributed by atoms with van der Waals surface area (Å²) in [5.74, 6) is -0.673. The van der Waals surface area contributed by atoms with Gasteiger partial charge in [-0.1, -0.05) is 12.1 Å². The molecule has 1 amide bonds. The first-order valence-corrected chi connectivity index (χ1v) is 8.31. The van der Waals surface area contributed by atoms with Gasteiger partial charge >= 0.3 is 5.97 Å². The lowest BCUT2D eigenvalue weighted by molar-refractivity contribution is -0.137. The van der Waals surface area contributed by atoms with E-state index in [4.69, 9.17) is 5.11 Å². The van der Waals surface area contributed by atoms with E-state index >= 15 is 0 Å². The molecule has 0 bridgehead atoms. The molecule has 0 aliphatic carbocycles. The van der Waals surface area contributed by atoms with Gasteiger partial charge in [-0.2, -0.15) is 0 Å². The number of benzene rings is 1. The third-order valence-electron chi connectivity index (χ3n) is 4.45. The number of aliphatic carboxylic acids is 1. The van der Waals surface area contributed by atoms with Gasteiger partial charge in [0.25, 0.3) is 0 Å². The van der Waals surface area contributed by atoms with Crippen molar-refractivity contribution in [3.63, 3.8) is 0 Å². The quantitative estimate of drug-likeness (QED) is 0.846. The monoisotopic (exact) mass is 318 g/mol. The summed E-state index contributed by atoms with van der Waals surface area (Å²) in [4.78, 5) is 25.4. The van der Waals surface area contributed by atoms with Crippen LogP contribution in [-0.2, 0) is 16.0 Å². The van der Waals surface area contributed by atoms with Crippen LogP contribution in [0.25, 0.3) is 0 Å². The number of anilines is 1. The number of piperidine rings is 1. The Balaban J connectivity index is 1.88. The maximum absolute atomic E-state index is 12.4. The molecular weight excluding hydrogens is 292 g/mol. The van der Waals surface area contributed by atoms with Gasteiger partial charge in [0.15, 0.2) is 0 Å². The maximum atomic E-state index is 12.4. The van der Waals surface area contributed by atoms with Gasteiger partial charge in [-0.25, -0.2) is 0 Å². The number of carbonyl (C=O) groups excluding carboxylic acids is 1. The summed E-state index contributed by atoms with van der Waals surface area (Å²) in [6.07, 6.45) is 2.36. The maximum Gasteiger partial charge on any atom is 0.303 e. The van der Waals surface area contributed by atoms with Crippen LogP contribution in [0.2, 0.25) is 0 Å². The Morgan fingerprint density at radius 2 is 2.00 bits per heavy atom. The van der Waals surface area contributed by atoms with Crippen molar-refractivity contribution in [2.75, 3.05) is 18.4 Å². The SMILES string of the molecule is CC(C)N1CCC(C(=O)Nc2cccc(CCC(=O)O)c2)CC1. The van der Waals surface area contributed by atoms with Gasteiger partial charge in [0.1, 0.15) is 0 Å². The Morgan fingerprint density at radius 1 is 1.30 bits per heavy atom. The number of nitrogens with zero attached hydrogens (tertiary/aromatic N) is 1. The average molecular weight is 318 g/mol. The minimum absolute atomic E-state index is 0.0627. The van der Waals surface area contributed by atoms with Crippen LogP contribution in [0.4, 0.5) is 5.69 Å². The lowest BCUT2D eigenvalue weighted by Gasteiger charge is -2.33. The van der Waals surface area contributed by atoms with E-state index in [2.05, 4.69) is 24.1 Å². The fraction of sp³-hybridized carbons (Fsp3) is 0.556. The zero-order valence-corrected chi connectivity index (χ0v) is 13.9. The standard InChI is InChI=1S/C18H26N2O3/c1-13(2)20-10-8-15(9-11-20)18(23)19-16-5-3-4-14(12-16)6-7-17(21)22/h3-5,12-13,15H,6-11H2,1-2H3,(H,19,23)(H,21,22). The number of aryl methyl sites for hydroxylation is 1. The third-order valence-corrected chi connectivity index (χ3v) is 4.45. The first-order chi connectivity index (χ1) is 11.0. The molecule has 0 aromatic heterocycles. The van der Waals surface area contributed by atoms with Gasteiger partial charge in [-0.15, -0.1) is 0 Å². The van der Waals surface area contributed by atoms with Gasteiger partial charge in [0.05, 0.1) is 0 Å². The molecule has 1 aliphatic heterocycles. The van der Waals surface area contributed by atoms with Gasteiger partial charge in [0, 0.05) is 24.1 Å². The van der Waals surface area contributed by atoms with Crippen LogP contribution >= 0.6 is 0 Å². The molecule has 5 heteroatoms. The van der Waals surface area contributed by atoms with Gasteiger partial charge in [0.2, 0.25) is 5.91 Å². The van der Waals surface area contributed by atoms with Crippen molar-refractivity contribution in [1.82, 2.24) is 4.90 Å². The molecule has 1 aliphatic rings. The molecule has 5 nitrogen and oxygen atoms in total. The zero-order chi connectivity index (χ0) is 16.8. The molecule has 1 aromatic carbocycles. The van der Waals surface area contributed by atoms with E-state index in [9.17, 15) is 9.59 Å². The number of hydrogen-bond donors (Lipinski definition) is 2. The predicted molar refractivity (Wildman–Crippen MR) is 90.5 cm³/mol. The molecule has 2 N–H and O–H groups in total. The van der Waals surface area contributed by atoms with E-state index in [-0.39, 0.29) is 18.2 Å². The molecule has 1 aromatic rings. The summed E-state index contributed by atoms with van der Waals surface area (Å²) in [6.45, 7) is 6.30. The summed E-state index contributed by atoms with van der Waals surface area (Å²) >= 11 is 0. The van der Waals surface area contributed by atoms with E-state index in [1.807, 2.05) is 24.3 Å². The van der Waals surface area contributed by atoms with Crippen LogP contribution < -0.4 is 5.32 Å². The first kappa shape index (κ1) is 17.5. The number of rotatable bonds is 6. The normalized spacial score (nSPS) is 16.5. The molecule has 2 rings (SSSR count). The van der Waals surface area contributed by atoms with E-state index in [0.717, 1.165) is 37.2 Å². The topological polar surface area (TPSA) is 69.6 Å². The molecule has 126 valence electrons. The summed E-state index contributed by atoms with van der Waals surface area (Å²) in [5.41, 5.74) is 1.68. The highest BCUT2D eigenvalue weighted by atomic mass is 16.4. The molecular formula is C18H26N2O3. The van der Waals surface area contributed by atoms with Crippen LogP contribution in [0.5, 0.6) is 0 Å². The molecule has 0 radical (unpaired) electrons. The highest BCUT2D eigenvalue weighted by Crippen LogP contribution is 2.21. The van der Waals surface area contributed by atoms with Gasteiger partial charge < -0.3 is 15.3 Å². The van der Waals surface area contributed by atoms with E-state index < -0.39 is 5.97 Å². The minimum atomic E-state index is -0.809. The summed E-state index contributed by atoms with van der Waals surface area (Å²) in [7, 11) is 0. The molecule has 0 unspecified atom stereocenters. The lowest BCUT2D eigenvalue weighted by atomic mass is 9.95. The molecule has 0 atom stereocenters. The van der Waals surface area contributed by atoms with Gasteiger partial charge in [-0.3, -0.25) is 9.59 Å². The van der Waals surface area contributed by atoms with Crippen molar-refractivity contribution >= 4 is 17.6 Å². The Labute approximate surface area is 137 Å². The van der Waals surface area contributed by atoms with Crippen LogP contribution in [0.3, 0.4) is 0 Å². The van der Waals surface area contributed by atoms with Crippen LogP contribution in [0.15, 0.2) is 24.3 Å². The second-order valence-electron chi connectivity index (χ2n) is 6.49. The van der Waals surface area contributed by atoms with E-state index in [0.29, 0.717) is 12.5 Å². The van der Waals surface area contributed by atoms with Crippen molar-refractivity contribution in [3.8, 4) is 0 Å². The number of amides is 1. The number of carboxylic acids is 1. The number of nitrogens with one attached hydrogen (secondary N) is 1.